The number of hydrogen-bond donors (Lipinski definition) is 2. The number of anilines is 3. The van der Waals surface area contributed by atoms with Gasteiger partial charge in [-0.1, -0.05) is 26.0 Å². The highest BCUT2D eigenvalue weighted by Gasteiger charge is 2.35. The van der Waals surface area contributed by atoms with E-state index in [1.165, 1.54) is 37.5 Å². The molecular formula is C25H35F3N2O2. The van der Waals surface area contributed by atoms with Crippen molar-refractivity contribution in [2.45, 2.75) is 39.5 Å². The van der Waals surface area contributed by atoms with Crippen molar-refractivity contribution >= 4 is 23.9 Å². The summed E-state index contributed by atoms with van der Waals surface area (Å²) in [5, 5.41) is 5.33. The molecule has 0 radical (unpaired) electrons. The molecule has 1 aliphatic carbocycles. The Balaban J connectivity index is 0.000000661. The molecular weight excluding hydrogens is 417 g/mol. The lowest BCUT2D eigenvalue weighted by Gasteiger charge is -2.14. The lowest BCUT2D eigenvalue weighted by Crippen LogP contribution is -2.03. The number of ether oxygens (including phenoxy) is 1. The molecule has 178 valence electrons. The Hall–Kier alpha value is -2.80. The molecule has 1 saturated carbocycles. The molecule has 2 aromatic rings. The Kier molecular flexibility index (Phi) is 13.8. The summed E-state index contributed by atoms with van der Waals surface area (Å²) in [7, 11) is 4.83. The number of halogens is 3. The van der Waals surface area contributed by atoms with E-state index in [-0.39, 0.29) is 11.4 Å². The summed E-state index contributed by atoms with van der Waals surface area (Å²) >= 11 is 0. The van der Waals surface area contributed by atoms with Crippen molar-refractivity contribution in [3.8, 4) is 0 Å². The van der Waals surface area contributed by atoms with E-state index < -0.39 is 17.5 Å². The third-order valence-corrected chi connectivity index (χ3v) is 4.81. The van der Waals surface area contributed by atoms with Gasteiger partial charge in [0, 0.05) is 21.3 Å². The van der Waals surface area contributed by atoms with Gasteiger partial charge in [0.2, 0.25) is 0 Å². The molecule has 1 aliphatic rings. The van der Waals surface area contributed by atoms with Crippen LogP contribution in [0.4, 0.5) is 30.2 Å². The number of carbonyl (C=O) groups is 1. The minimum Gasteiger partial charge on any atom is -0.388 e. The fraction of sp³-hybridized carbons (Fsp3) is 0.400. The van der Waals surface area contributed by atoms with E-state index in [0.717, 1.165) is 11.6 Å². The van der Waals surface area contributed by atoms with Gasteiger partial charge in [-0.3, -0.25) is 0 Å². The molecule has 0 aromatic heterocycles. The van der Waals surface area contributed by atoms with Crippen molar-refractivity contribution in [2.24, 2.45) is 5.41 Å². The van der Waals surface area contributed by atoms with E-state index in [1.54, 1.807) is 27.3 Å². The first-order valence-corrected chi connectivity index (χ1v) is 10.3. The molecule has 0 bridgehead atoms. The summed E-state index contributed by atoms with van der Waals surface area (Å²) in [6, 6.07) is 7.03. The third-order valence-electron chi connectivity index (χ3n) is 4.81. The van der Waals surface area contributed by atoms with Crippen molar-refractivity contribution in [3.05, 3.63) is 66.0 Å². The van der Waals surface area contributed by atoms with Gasteiger partial charge in [-0.2, -0.15) is 0 Å². The molecule has 7 heteroatoms. The second-order valence-electron chi connectivity index (χ2n) is 7.54. The number of rotatable bonds is 6. The van der Waals surface area contributed by atoms with Gasteiger partial charge in [-0.15, -0.1) is 6.58 Å². The predicted octanol–water partition coefficient (Wildman–Crippen LogP) is 6.89. The maximum absolute atomic E-state index is 13.9. The van der Waals surface area contributed by atoms with Crippen LogP contribution < -0.4 is 10.6 Å². The van der Waals surface area contributed by atoms with Crippen LogP contribution in [0.15, 0.2) is 43.0 Å². The molecule has 4 nitrogen and oxygen atoms in total. The van der Waals surface area contributed by atoms with Crippen molar-refractivity contribution in [1.29, 1.82) is 0 Å². The van der Waals surface area contributed by atoms with Crippen LogP contribution >= 0.6 is 0 Å². The highest BCUT2D eigenvalue weighted by atomic mass is 19.2. The average molecular weight is 453 g/mol. The molecule has 0 amide bonds. The van der Waals surface area contributed by atoms with Crippen molar-refractivity contribution in [2.75, 3.05) is 31.9 Å². The fourth-order valence-corrected chi connectivity index (χ4v) is 2.66. The summed E-state index contributed by atoms with van der Waals surface area (Å²) in [5.74, 6) is -2.54. The van der Waals surface area contributed by atoms with E-state index in [9.17, 15) is 13.2 Å². The van der Waals surface area contributed by atoms with Gasteiger partial charge < -0.3 is 20.2 Å². The molecule has 0 atom stereocenters. The molecule has 0 unspecified atom stereocenters. The van der Waals surface area contributed by atoms with Crippen LogP contribution in [0.25, 0.3) is 0 Å². The topological polar surface area (TPSA) is 50.4 Å². The number of hydrogen-bond acceptors (Lipinski definition) is 4. The lowest BCUT2D eigenvalue weighted by molar-refractivity contribution is -0.0980. The summed E-state index contributed by atoms with van der Waals surface area (Å²) < 4.78 is 45.2. The van der Waals surface area contributed by atoms with Gasteiger partial charge in [0.15, 0.2) is 11.6 Å². The van der Waals surface area contributed by atoms with E-state index in [0.29, 0.717) is 17.5 Å². The molecule has 0 aliphatic heterocycles. The van der Waals surface area contributed by atoms with Gasteiger partial charge in [0.05, 0.1) is 11.4 Å². The standard InChI is InChI=1S/C15H15F3N2.C7H12.C2H6O.CH2O/c1-3-9-4-6-12(11(17)8-9)20-15-13(19-2)7-5-10(16)14(15)18;1-3-4-7(2)5-6-7;1-3-2;1-2/h4-8,19-20H,3H2,1-2H3;3H,1,4-6H2,2H3;1-2H3;1H2. The Morgan fingerprint density at radius 3 is 2.03 bits per heavy atom. The van der Waals surface area contributed by atoms with Gasteiger partial charge in [0.25, 0.3) is 0 Å². The minimum absolute atomic E-state index is 0.100. The van der Waals surface area contributed by atoms with Crippen LogP contribution in [0, 0.1) is 22.9 Å². The van der Waals surface area contributed by atoms with E-state index >= 15 is 0 Å². The van der Waals surface area contributed by atoms with E-state index in [1.807, 2.05) is 19.8 Å². The highest BCUT2D eigenvalue weighted by molar-refractivity contribution is 5.75. The number of allylic oxidation sites excluding steroid dienone is 1. The quantitative estimate of drug-likeness (QED) is 0.469. The first-order chi connectivity index (χ1) is 15.2. The van der Waals surface area contributed by atoms with E-state index in [4.69, 9.17) is 4.79 Å². The zero-order chi connectivity index (χ0) is 24.7. The molecule has 3 rings (SSSR count). The van der Waals surface area contributed by atoms with Crippen molar-refractivity contribution < 1.29 is 22.7 Å². The number of benzene rings is 2. The van der Waals surface area contributed by atoms with Crippen LogP contribution in [0.3, 0.4) is 0 Å². The number of aryl methyl sites for hydroxylation is 1. The van der Waals surface area contributed by atoms with Crippen molar-refractivity contribution in [3.63, 3.8) is 0 Å². The number of nitrogens with one attached hydrogen (secondary N) is 2. The van der Waals surface area contributed by atoms with Crippen LogP contribution in [0.5, 0.6) is 0 Å². The van der Waals surface area contributed by atoms with Gasteiger partial charge >= 0.3 is 0 Å². The van der Waals surface area contributed by atoms with Crippen molar-refractivity contribution in [1.82, 2.24) is 0 Å². The summed E-state index contributed by atoms with van der Waals surface area (Å²) in [6.45, 7) is 9.91. The Morgan fingerprint density at radius 2 is 1.62 bits per heavy atom. The number of methoxy groups -OCH3 is 1. The molecule has 2 aromatic carbocycles. The monoisotopic (exact) mass is 452 g/mol. The first kappa shape index (κ1) is 29.2. The van der Waals surface area contributed by atoms with Gasteiger partial charge in [-0.25, -0.2) is 13.2 Å². The molecule has 32 heavy (non-hydrogen) atoms. The Morgan fingerprint density at radius 1 is 1.06 bits per heavy atom. The van der Waals surface area contributed by atoms with Gasteiger partial charge in [0.1, 0.15) is 18.3 Å². The lowest BCUT2D eigenvalue weighted by atomic mass is 10.1. The Labute approximate surface area is 189 Å². The Bertz CT molecular complexity index is 840. The van der Waals surface area contributed by atoms with Crippen LogP contribution in [0.1, 0.15) is 38.7 Å². The molecule has 0 heterocycles. The largest absolute Gasteiger partial charge is 0.388 e. The average Bonchev–Trinajstić information content (AvgIpc) is 3.52. The van der Waals surface area contributed by atoms with Crippen LogP contribution in [-0.4, -0.2) is 28.1 Å². The third kappa shape index (κ3) is 9.56. The first-order valence-electron chi connectivity index (χ1n) is 10.3. The van der Waals surface area contributed by atoms with Gasteiger partial charge in [-0.05, 0) is 60.9 Å². The summed E-state index contributed by atoms with van der Waals surface area (Å²) in [4.78, 5) is 8.00. The zero-order valence-corrected chi connectivity index (χ0v) is 19.7. The SMILES string of the molecule is C=CCC1(C)CC1.C=O.CCc1ccc(Nc2c(NC)ccc(F)c2F)c(F)c1.COC. The molecule has 1 fully saturated rings. The van der Waals surface area contributed by atoms with Crippen LogP contribution in [0.2, 0.25) is 0 Å². The number of carbonyl (C=O) groups excluding carboxylic acids is 1. The second-order valence-corrected chi connectivity index (χ2v) is 7.54. The molecule has 0 spiro atoms. The predicted molar refractivity (Wildman–Crippen MR) is 127 cm³/mol. The fourth-order valence-electron chi connectivity index (χ4n) is 2.66. The molecule has 0 saturated heterocycles. The van der Waals surface area contributed by atoms with Crippen LogP contribution in [-0.2, 0) is 16.0 Å². The smallest absolute Gasteiger partial charge is 0.184 e. The highest BCUT2D eigenvalue weighted by Crippen LogP contribution is 2.48. The normalized spacial score (nSPS) is 12.5. The van der Waals surface area contributed by atoms with E-state index in [2.05, 4.69) is 28.9 Å². The zero-order valence-electron chi connectivity index (χ0n) is 19.7. The minimum atomic E-state index is -1.05. The maximum atomic E-state index is 13.9. The summed E-state index contributed by atoms with van der Waals surface area (Å²) in [6.07, 6.45) is 6.77. The maximum Gasteiger partial charge on any atom is 0.184 e. The second kappa shape index (κ2) is 15.1. The summed E-state index contributed by atoms with van der Waals surface area (Å²) in [5.41, 5.74) is 1.85. The molecule has 2 N–H and O–H groups in total.